The molecule has 1 N–H and O–H groups in total. The third-order valence-electron chi connectivity index (χ3n) is 4.07. The van der Waals surface area contributed by atoms with Crippen molar-refractivity contribution in [2.24, 2.45) is 0 Å². The molecule has 0 aliphatic heterocycles. The van der Waals surface area contributed by atoms with Crippen molar-refractivity contribution in [2.75, 3.05) is 25.6 Å². The maximum Gasteiger partial charge on any atom is 0.338 e. The maximum absolute atomic E-state index is 12.2. The third-order valence-corrected chi connectivity index (χ3v) is 4.07. The molecule has 0 saturated heterocycles. The quantitative estimate of drug-likeness (QED) is 0.627. The minimum absolute atomic E-state index is 0.280. The van der Waals surface area contributed by atoms with E-state index in [0.717, 1.165) is 10.8 Å². The van der Waals surface area contributed by atoms with E-state index in [9.17, 15) is 9.59 Å². The topological polar surface area (TPSA) is 73.9 Å². The molecule has 3 rings (SSSR count). The fraction of sp³-hybridized carbons (Fsp3) is 0.182. The standard InChI is InChI=1S/C22H21NO5/c1-3-27-20-13-17(9-11-19(20)26-2)22(25)28-14-21(24)23-18-10-8-15-6-4-5-7-16(15)12-18/h4-13H,3,14H2,1-2H3,(H,23,24). The molecule has 6 nitrogen and oxygen atoms in total. The van der Waals surface area contributed by atoms with E-state index in [4.69, 9.17) is 14.2 Å². The van der Waals surface area contributed by atoms with E-state index in [1.165, 1.54) is 13.2 Å². The summed E-state index contributed by atoms with van der Waals surface area (Å²) in [5.74, 6) is -0.0630. The summed E-state index contributed by atoms with van der Waals surface area (Å²) >= 11 is 0. The number of carbonyl (C=O) groups is 2. The van der Waals surface area contributed by atoms with Gasteiger partial charge in [-0.1, -0.05) is 30.3 Å². The van der Waals surface area contributed by atoms with Crippen LogP contribution >= 0.6 is 0 Å². The summed E-state index contributed by atoms with van der Waals surface area (Å²) in [4.78, 5) is 24.4. The summed E-state index contributed by atoms with van der Waals surface area (Å²) in [6.07, 6.45) is 0. The maximum atomic E-state index is 12.2. The second kappa shape index (κ2) is 8.90. The number of ether oxygens (including phenoxy) is 3. The molecule has 0 atom stereocenters. The van der Waals surface area contributed by atoms with Gasteiger partial charge < -0.3 is 19.5 Å². The van der Waals surface area contributed by atoms with Crippen LogP contribution in [0.4, 0.5) is 5.69 Å². The Morgan fingerprint density at radius 1 is 0.929 bits per heavy atom. The first-order valence-corrected chi connectivity index (χ1v) is 8.87. The van der Waals surface area contributed by atoms with E-state index in [0.29, 0.717) is 23.8 Å². The second-order valence-electron chi connectivity index (χ2n) is 5.98. The van der Waals surface area contributed by atoms with Gasteiger partial charge in [-0.15, -0.1) is 0 Å². The summed E-state index contributed by atoms with van der Waals surface area (Å²) in [5.41, 5.74) is 0.922. The summed E-state index contributed by atoms with van der Waals surface area (Å²) < 4.78 is 15.7. The Labute approximate surface area is 163 Å². The van der Waals surface area contributed by atoms with Crippen molar-refractivity contribution >= 4 is 28.3 Å². The Kier molecular flexibility index (Phi) is 6.11. The molecule has 0 unspecified atom stereocenters. The van der Waals surface area contributed by atoms with Gasteiger partial charge in [-0.2, -0.15) is 0 Å². The number of fused-ring (bicyclic) bond motifs is 1. The molecule has 28 heavy (non-hydrogen) atoms. The van der Waals surface area contributed by atoms with Crippen LogP contribution in [-0.4, -0.2) is 32.2 Å². The number of benzene rings is 3. The number of hydrogen-bond acceptors (Lipinski definition) is 5. The van der Waals surface area contributed by atoms with Crippen LogP contribution in [0.1, 0.15) is 17.3 Å². The Morgan fingerprint density at radius 2 is 1.71 bits per heavy atom. The highest BCUT2D eigenvalue weighted by Gasteiger charge is 2.14. The zero-order chi connectivity index (χ0) is 19.9. The molecule has 0 fully saturated rings. The number of rotatable bonds is 7. The molecule has 0 aliphatic rings. The average Bonchev–Trinajstić information content (AvgIpc) is 2.72. The average molecular weight is 379 g/mol. The number of nitrogens with one attached hydrogen (secondary N) is 1. The Morgan fingerprint density at radius 3 is 2.46 bits per heavy atom. The minimum Gasteiger partial charge on any atom is -0.493 e. The number of amides is 1. The molecule has 0 aliphatic carbocycles. The van der Waals surface area contributed by atoms with E-state index in [2.05, 4.69) is 5.32 Å². The van der Waals surface area contributed by atoms with E-state index in [1.807, 2.05) is 43.3 Å². The molecule has 3 aromatic carbocycles. The van der Waals surface area contributed by atoms with Crippen LogP contribution in [0.3, 0.4) is 0 Å². The fourth-order valence-corrected chi connectivity index (χ4v) is 2.75. The molecule has 1 amide bonds. The molecule has 0 bridgehead atoms. The van der Waals surface area contributed by atoms with E-state index < -0.39 is 11.9 Å². The predicted molar refractivity (Wildman–Crippen MR) is 107 cm³/mol. The van der Waals surface area contributed by atoms with Gasteiger partial charge in [0, 0.05) is 5.69 Å². The van der Waals surface area contributed by atoms with Crippen LogP contribution in [-0.2, 0) is 9.53 Å². The molecule has 3 aromatic rings. The molecule has 0 radical (unpaired) electrons. The molecule has 0 aromatic heterocycles. The lowest BCUT2D eigenvalue weighted by Gasteiger charge is -2.11. The predicted octanol–water partition coefficient (Wildman–Crippen LogP) is 4.04. The zero-order valence-corrected chi connectivity index (χ0v) is 15.7. The van der Waals surface area contributed by atoms with Crippen molar-refractivity contribution in [3.63, 3.8) is 0 Å². The highest BCUT2D eigenvalue weighted by atomic mass is 16.5. The third kappa shape index (κ3) is 4.59. The lowest BCUT2D eigenvalue weighted by molar-refractivity contribution is -0.119. The van der Waals surface area contributed by atoms with Crippen LogP contribution in [0, 0.1) is 0 Å². The Bertz CT molecular complexity index is 999. The zero-order valence-electron chi connectivity index (χ0n) is 15.7. The summed E-state index contributed by atoms with van der Waals surface area (Å²) in [6, 6.07) is 18.2. The summed E-state index contributed by atoms with van der Waals surface area (Å²) in [5, 5.41) is 4.82. The molecule has 0 saturated carbocycles. The van der Waals surface area contributed by atoms with Crippen LogP contribution in [0.2, 0.25) is 0 Å². The lowest BCUT2D eigenvalue weighted by atomic mass is 10.1. The van der Waals surface area contributed by atoms with Gasteiger partial charge in [0.25, 0.3) is 5.91 Å². The largest absolute Gasteiger partial charge is 0.493 e. The monoisotopic (exact) mass is 379 g/mol. The molecule has 6 heteroatoms. The normalized spacial score (nSPS) is 10.4. The SMILES string of the molecule is CCOc1cc(C(=O)OCC(=O)Nc2ccc3ccccc3c2)ccc1OC. The van der Waals surface area contributed by atoms with Gasteiger partial charge in [-0.25, -0.2) is 4.79 Å². The molecular weight excluding hydrogens is 358 g/mol. The van der Waals surface area contributed by atoms with Crippen LogP contribution in [0.15, 0.2) is 60.7 Å². The van der Waals surface area contributed by atoms with Gasteiger partial charge in [-0.05, 0) is 48.0 Å². The molecule has 0 spiro atoms. The van der Waals surface area contributed by atoms with Crippen molar-refractivity contribution in [2.45, 2.75) is 6.92 Å². The Balaban J connectivity index is 1.60. The van der Waals surface area contributed by atoms with Gasteiger partial charge in [0.1, 0.15) is 0 Å². The molecule has 144 valence electrons. The molecular formula is C22H21NO5. The van der Waals surface area contributed by atoms with E-state index >= 15 is 0 Å². The number of hydrogen-bond donors (Lipinski definition) is 1. The summed E-state index contributed by atoms with van der Waals surface area (Å²) in [7, 11) is 1.52. The van der Waals surface area contributed by atoms with Gasteiger partial charge in [0.05, 0.1) is 19.3 Å². The van der Waals surface area contributed by atoms with Crippen molar-refractivity contribution in [1.82, 2.24) is 0 Å². The van der Waals surface area contributed by atoms with Crippen LogP contribution in [0.25, 0.3) is 10.8 Å². The van der Waals surface area contributed by atoms with Crippen molar-refractivity contribution in [3.8, 4) is 11.5 Å². The Hall–Kier alpha value is -3.54. The van der Waals surface area contributed by atoms with E-state index in [1.54, 1.807) is 18.2 Å². The summed E-state index contributed by atoms with van der Waals surface area (Å²) in [6.45, 7) is 1.88. The van der Waals surface area contributed by atoms with Gasteiger partial charge >= 0.3 is 5.97 Å². The second-order valence-corrected chi connectivity index (χ2v) is 5.98. The van der Waals surface area contributed by atoms with Gasteiger partial charge in [0.15, 0.2) is 18.1 Å². The number of carbonyl (C=O) groups excluding carboxylic acids is 2. The van der Waals surface area contributed by atoms with Crippen molar-refractivity contribution in [1.29, 1.82) is 0 Å². The number of methoxy groups -OCH3 is 1. The highest BCUT2D eigenvalue weighted by molar-refractivity contribution is 5.97. The molecule has 0 heterocycles. The van der Waals surface area contributed by atoms with Gasteiger partial charge in [0.2, 0.25) is 0 Å². The highest BCUT2D eigenvalue weighted by Crippen LogP contribution is 2.28. The lowest BCUT2D eigenvalue weighted by Crippen LogP contribution is -2.21. The first-order valence-electron chi connectivity index (χ1n) is 8.87. The fourth-order valence-electron chi connectivity index (χ4n) is 2.75. The first-order chi connectivity index (χ1) is 13.6. The first kappa shape index (κ1) is 19.2. The van der Waals surface area contributed by atoms with Crippen LogP contribution in [0.5, 0.6) is 11.5 Å². The smallest absolute Gasteiger partial charge is 0.338 e. The number of anilines is 1. The van der Waals surface area contributed by atoms with Gasteiger partial charge in [-0.3, -0.25) is 4.79 Å². The van der Waals surface area contributed by atoms with Crippen molar-refractivity contribution in [3.05, 3.63) is 66.2 Å². The van der Waals surface area contributed by atoms with Crippen LogP contribution < -0.4 is 14.8 Å². The number of esters is 1. The van der Waals surface area contributed by atoms with Crippen molar-refractivity contribution < 1.29 is 23.8 Å². The minimum atomic E-state index is -0.614. The van der Waals surface area contributed by atoms with E-state index in [-0.39, 0.29) is 12.2 Å².